The largest absolute Gasteiger partial charge is 0.394 e. The molecule has 1 aliphatic heterocycles. The van der Waals surface area contributed by atoms with Crippen molar-refractivity contribution in [2.75, 3.05) is 12.3 Å². The molecule has 1 unspecified atom stereocenters. The van der Waals surface area contributed by atoms with Crippen LogP contribution in [0.15, 0.2) is 11.1 Å². The Bertz CT molecular complexity index is 742. The van der Waals surface area contributed by atoms with E-state index in [1.807, 2.05) is 0 Å². The summed E-state index contributed by atoms with van der Waals surface area (Å²) in [5.74, 6) is -0.149. The lowest BCUT2D eigenvalue weighted by atomic mass is 9.98. The zero-order chi connectivity index (χ0) is 16.0. The highest BCUT2D eigenvalue weighted by molar-refractivity contribution is 5.70. The lowest BCUT2D eigenvalue weighted by molar-refractivity contribution is -0.250. The van der Waals surface area contributed by atoms with E-state index in [2.05, 4.69) is 15.0 Å². The number of nitrogen functional groups attached to an aromatic ring is 1. The monoisotopic (exact) mass is 313 g/mol. The Morgan fingerprint density at radius 3 is 2.73 bits per heavy atom. The Morgan fingerprint density at radius 1 is 1.32 bits per heavy atom. The first-order valence-electron chi connectivity index (χ1n) is 6.47. The molecule has 1 saturated heterocycles. The number of H-pyrrole nitrogens is 1. The number of anilines is 1. The summed E-state index contributed by atoms with van der Waals surface area (Å²) < 4.78 is 6.59. The van der Waals surface area contributed by atoms with Crippen LogP contribution in [0.1, 0.15) is 6.23 Å². The van der Waals surface area contributed by atoms with Gasteiger partial charge in [-0.3, -0.25) is 14.3 Å². The topological polar surface area (TPSA) is 180 Å². The summed E-state index contributed by atoms with van der Waals surface area (Å²) in [7, 11) is 0. The molecule has 0 aliphatic carbocycles. The molecule has 3 rings (SSSR count). The van der Waals surface area contributed by atoms with E-state index in [1.165, 1.54) is 10.9 Å². The minimum absolute atomic E-state index is 0.0221. The summed E-state index contributed by atoms with van der Waals surface area (Å²) in [5, 5.41) is 38.8. The second-order valence-corrected chi connectivity index (χ2v) is 4.99. The van der Waals surface area contributed by atoms with Crippen LogP contribution in [-0.2, 0) is 4.74 Å². The molecule has 2 aromatic rings. The minimum Gasteiger partial charge on any atom is -0.394 e. The Labute approximate surface area is 122 Å². The van der Waals surface area contributed by atoms with Crippen molar-refractivity contribution in [1.82, 2.24) is 19.5 Å². The van der Waals surface area contributed by atoms with Gasteiger partial charge in [0.05, 0.1) is 12.9 Å². The predicted octanol–water partition coefficient (Wildman–Crippen LogP) is -3.33. The average molecular weight is 313 g/mol. The van der Waals surface area contributed by atoms with E-state index in [9.17, 15) is 25.2 Å². The van der Waals surface area contributed by atoms with Gasteiger partial charge in [0.25, 0.3) is 5.56 Å². The van der Waals surface area contributed by atoms with E-state index in [0.717, 1.165) is 0 Å². The highest BCUT2D eigenvalue weighted by Gasteiger charge is 2.44. The van der Waals surface area contributed by atoms with Gasteiger partial charge in [-0.2, -0.15) is 4.98 Å². The molecule has 3 heterocycles. The van der Waals surface area contributed by atoms with Gasteiger partial charge in [-0.1, -0.05) is 0 Å². The molecule has 0 radical (unpaired) electrons. The molecule has 7 N–H and O–H groups in total. The van der Waals surface area contributed by atoms with Gasteiger partial charge < -0.3 is 30.9 Å². The molecule has 0 aromatic carbocycles. The second-order valence-electron chi connectivity index (χ2n) is 4.99. The van der Waals surface area contributed by atoms with Crippen molar-refractivity contribution in [2.45, 2.75) is 30.6 Å². The van der Waals surface area contributed by atoms with Crippen LogP contribution in [-0.4, -0.2) is 71.0 Å². The van der Waals surface area contributed by atoms with Crippen molar-refractivity contribution in [2.24, 2.45) is 0 Å². The fourth-order valence-electron chi connectivity index (χ4n) is 2.44. The molecule has 0 spiro atoms. The number of nitrogens with one attached hydrogen (secondary N) is 1. The van der Waals surface area contributed by atoms with E-state index in [-0.39, 0.29) is 17.1 Å². The molecule has 5 atom stereocenters. The predicted molar refractivity (Wildman–Crippen MR) is 71.6 cm³/mol. The quantitative estimate of drug-likeness (QED) is 0.330. The number of hydrogen-bond acceptors (Lipinski definition) is 9. The number of ether oxygens (including phenoxy) is 1. The van der Waals surface area contributed by atoms with E-state index < -0.39 is 42.8 Å². The maximum atomic E-state index is 11.7. The first kappa shape index (κ1) is 14.9. The summed E-state index contributed by atoms with van der Waals surface area (Å²) in [4.78, 5) is 21.8. The fourth-order valence-corrected chi connectivity index (χ4v) is 2.44. The number of nitrogens with two attached hydrogens (primary N) is 1. The molecule has 11 nitrogen and oxygen atoms in total. The molecular weight excluding hydrogens is 298 g/mol. The molecule has 0 saturated carbocycles. The summed E-state index contributed by atoms with van der Waals surface area (Å²) in [5.41, 5.74) is 4.94. The van der Waals surface area contributed by atoms with E-state index in [1.54, 1.807) is 0 Å². The third-order valence-electron chi connectivity index (χ3n) is 3.59. The van der Waals surface area contributed by atoms with Crippen molar-refractivity contribution in [1.29, 1.82) is 0 Å². The number of nitrogens with zero attached hydrogens (tertiary/aromatic N) is 3. The van der Waals surface area contributed by atoms with Crippen molar-refractivity contribution in [3.63, 3.8) is 0 Å². The highest BCUT2D eigenvalue weighted by Crippen LogP contribution is 2.29. The van der Waals surface area contributed by atoms with E-state index in [4.69, 9.17) is 10.5 Å². The van der Waals surface area contributed by atoms with Crippen molar-refractivity contribution >= 4 is 17.1 Å². The van der Waals surface area contributed by atoms with Gasteiger partial charge in [0.15, 0.2) is 17.4 Å². The molecule has 22 heavy (non-hydrogen) atoms. The van der Waals surface area contributed by atoms with Gasteiger partial charge in [-0.15, -0.1) is 0 Å². The number of aromatic amines is 1. The molecule has 1 aliphatic rings. The van der Waals surface area contributed by atoms with Crippen LogP contribution in [0, 0.1) is 0 Å². The van der Waals surface area contributed by atoms with Crippen molar-refractivity contribution < 1.29 is 25.2 Å². The van der Waals surface area contributed by atoms with Crippen LogP contribution in [0.25, 0.3) is 11.2 Å². The molecular formula is C11H15N5O6. The van der Waals surface area contributed by atoms with E-state index >= 15 is 0 Å². The van der Waals surface area contributed by atoms with Gasteiger partial charge >= 0.3 is 0 Å². The smallest absolute Gasteiger partial charge is 0.280 e. The first-order valence-corrected chi connectivity index (χ1v) is 6.47. The third-order valence-corrected chi connectivity index (χ3v) is 3.59. The van der Waals surface area contributed by atoms with E-state index in [0.29, 0.717) is 0 Å². The third kappa shape index (κ3) is 2.15. The summed E-state index contributed by atoms with van der Waals surface area (Å²) in [6.07, 6.45) is -5.63. The standard InChI is InChI=1S/C11H15N5O6/c12-11-14-8-4(9(21)15-11)13-2-16(8)10-7(20)6(19)5(18)3(1-17)22-10/h2-3,5-7,10,17-20H,1H2,(H3,12,14,15,21)/t3-,5-,6+,7?,10-/m1/s1. The maximum absolute atomic E-state index is 11.7. The summed E-state index contributed by atoms with van der Waals surface area (Å²) in [6, 6.07) is 0. The average Bonchev–Trinajstić information content (AvgIpc) is 2.89. The SMILES string of the molecule is Nc1nc2c(ncn2[C@@H]2O[C@H](CO)[C@@H](O)[C@H](O)C2O)c(=O)[nH]1. The molecule has 0 bridgehead atoms. The number of aliphatic hydroxyl groups excluding tert-OH is 4. The number of hydrogen-bond donors (Lipinski definition) is 6. The lowest BCUT2D eigenvalue weighted by Gasteiger charge is -2.40. The van der Waals surface area contributed by atoms with Gasteiger partial charge in [0, 0.05) is 0 Å². The van der Waals surface area contributed by atoms with Gasteiger partial charge in [-0.05, 0) is 0 Å². The first-order chi connectivity index (χ1) is 10.4. The maximum Gasteiger partial charge on any atom is 0.280 e. The molecule has 11 heteroatoms. The Morgan fingerprint density at radius 2 is 2.05 bits per heavy atom. The van der Waals surface area contributed by atoms with Crippen LogP contribution >= 0.6 is 0 Å². The van der Waals surface area contributed by atoms with Gasteiger partial charge in [0.1, 0.15) is 24.4 Å². The number of aliphatic hydroxyl groups is 4. The minimum atomic E-state index is -1.55. The Kier molecular flexibility index (Phi) is 3.58. The number of rotatable bonds is 2. The second kappa shape index (κ2) is 5.30. The van der Waals surface area contributed by atoms with Crippen LogP contribution in [0.4, 0.5) is 5.95 Å². The van der Waals surface area contributed by atoms with Crippen molar-refractivity contribution in [3.8, 4) is 0 Å². The van der Waals surface area contributed by atoms with Gasteiger partial charge in [-0.25, -0.2) is 4.98 Å². The summed E-state index contributed by atoms with van der Waals surface area (Å²) >= 11 is 0. The van der Waals surface area contributed by atoms with Crippen molar-refractivity contribution in [3.05, 3.63) is 16.7 Å². The molecule has 0 amide bonds. The molecule has 120 valence electrons. The number of imidazole rings is 1. The molecule has 1 fully saturated rings. The molecule has 2 aromatic heterocycles. The Balaban J connectivity index is 2.08. The van der Waals surface area contributed by atoms with Crippen LogP contribution in [0.2, 0.25) is 0 Å². The fraction of sp³-hybridized carbons (Fsp3) is 0.545. The van der Waals surface area contributed by atoms with Crippen LogP contribution in [0.5, 0.6) is 0 Å². The normalized spacial score (nSPS) is 32.5. The number of aromatic nitrogens is 4. The van der Waals surface area contributed by atoms with Gasteiger partial charge in [0.2, 0.25) is 5.95 Å². The zero-order valence-electron chi connectivity index (χ0n) is 11.2. The lowest BCUT2D eigenvalue weighted by Crippen LogP contribution is -2.56. The number of fused-ring (bicyclic) bond motifs is 1. The highest BCUT2D eigenvalue weighted by atomic mass is 16.6. The van der Waals surface area contributed by atoms with Crippen LogP contribution < -0.4 is 11.3 Å². The zero-order valence-corrected chi connectivity index (χ0v) is 11.2. The Hall–Kier alpha value is -2.05. The summed E-state index contributed by atoms with van der Waals surface area (Å²) in [6.45, 7) is -0.565. The van der Waals surface area contributed by atoms with Crippen LogP contribution in [0.3, 0.4) is 0 Å².